The zero-order valence-corrected chi connectivity index (χ0v) is 13.8. The lowest BCUT2D eigenvalue weighted by Crippen LogP contribution is -2.31. The molecule has 1 aliphatic heterocycles. The Hall–Kier alpha value is -2.92. The van der Waals surface area contributed by atoms with Gasteiger partial charge in [0.15, 0.2) is 11.6 Å². The molecule has 25 heavy (non-hydrogen) atoms. The van der Waals surface area contributed by atoms with E-state index in [4.69, 9.17) is 9.40 Å². The molecule has 0 amide bonds. The fourth-order valence-corrected chi connectivity index (χ4v) is 3.48. The van der Waals surface area contributed by atoms with Crippen molar-refractivity contribution in [3.63, 3.8) is 0 Å². The molecule has 1 N–H and O–H groups in total. The Labute approximate surface area is 145 Å². The van der Waals surface area contributed by atoms with Crippen LogP contribution >= 0.6 is 0 Å². The molecule has 3 aromatic heterocycles. The number of H-pyrrole nitrogens is 1. The molecule has 0 bridgehead atoms. The highest BCUT2D eigenvalue weighted by Gasteiger charge is 2.19. The number of hydrogen-bond donors (Lipinski definition) is 1. The average Bonchev–Trinajstić information content (AvgIpc) is 3.32. The molecule has 124 valence electrons. The van der Waals surface area contributed by atoms with Crippen LogP contribution in [0.5, 0.6) is 0 Å². The summed E-state index contributed by atoms with van der Waals surface area (Å²) < 4.78 is 5.42. The summed E-state index contributed by atoms with van der Waals surface area (Å²) in [7, 11) is 0. The third-order valence-corrected chi connectivity index (χ3v) is 4.79. The molecule has 0 aliphatic carbocycles. The van der Waals surface area contributed by atoms with E-state index in [1.165, 1.54) is 22.0 Å². The van der Waals surface area contributed by atoms with Crippen LogP contribution in [0.25, 0.3) is 22.5 Å². The van der Waals surface area contributed by atoms with Crippen LogP contribution in [0.4, 0.5) is 0 Å². The van der Waals surface area contributed by atoms with Crippen molar-refractivity contribution in [2.24, 2.45) is 0 Å². The smallest absolute Gasteiger partial charge is 0.195 e. The van der Waals surface area contributed by atoms with Gasteiger partial charge in [-0.05, 0) is 53.3 Å². The molecular weight excluding hydrogens is 312 g/mol. The first kappa shape index (κ1) is 14.4. The van der Waals surface area contributed by atoms with E-state index < -0.39 is 0 Å². The first-order chi connectivity index (χ1) is 12.3. The Morgan fingerprint density at radius 3 is 3.12 bits per heavy atom. The number of aromatic nitrogens is 3. The van der Waals surface area contributed by atoms with Crippen LogP contribution < -0.4 is 0 Å². The molecule has 0 saturated carbocycles. The lowest BCUT2D eigenvalue weighted by atomic mass is 10.1. The van der Waals surface area contributed by atoms with Crippen LogP contribution in [0, 0.1) is 0 Å². The van der Waals surface area contributed by atoms with Crippen molar-refractivity contribution in [2.75, 3.05) is 6.54 Å². The van der Waals surface area contributed by atoms with E-state index in [0.29, 0.717) is 5.82 Å². The van der Waals surface area contributed by atoms with Crippen molar-refractivity contribution in [2.45, 2.75) is 19.5 Å². The molecule has 0 spiro atoms. The Morgan fingerprint density at radius 1 is 1.20 bits per heavy atom. The number of aromatic amines is 1. The standard InChI is InChI=1S/C20H18N4O/c1-2-19(25-9-1)20-22-11-16-6-8-24(13-18(16)23-20)12-14-3-4-17-15(10-14)5-7-21-17/h1-5,7,9-11,21H,6,8,12-13H2. The van der Waals surface area contributed by atoms with E-state index in [1.54, 1.807) is 6.26 Å². The van der Waals surface area contributed by atoms with Crippen LogP contribution in [-0.2, 0) is 19.5 Å². The minimum absolute atomic E-state index is 0.666. The Balaban J connectivity index is 1.38. The number of fused-ring (bicyclic) bond motifs is 2. The van der Waals surface area contributed by atoms with Crippen molar-refractivity contribution in [1.82, 2.24) is 19.9 Å². The number of nitrogens with one attached hydrogen (secondary N) is 1. The van der Waals surface area contributed by atoms with E-state index in [1.807, 2.05) is 24.5 Å². The van der Waals surface area contributed by atoms with Gasteiger partial charge in [0, 0.05) is 37.5 Å². The summed E-state index contributed by atoms with van der Waals surface area (Å²) in [5.74, 6) is 1.39. The predicted molar refractivity (Wildman–Crippen MR) is 95.9 cm³/mol. The molecule has 5 nitrogen and oxygen atoms in total. The third-order valence-electron chi connectivity index (χ3n) is 4.79. The van der Waals surface area contributed by atoms with E-state index in [9.17, 15) is 0 Å². The molecule has 1 aliphatic rings. The largest absolute Gasteiger partial charge is 0.461 e. The van der Waals surface area contributed by atoms with Gasteiger partial charge in [-0.2, -0.15) is 0 Å². The maximum atomic E-state index is 5.42. The van der Waals surface area contributed by atoms with Crippen LogP contribution in [-0.4, -0.2) is 26.4 Å². The second kappa shape index (κ2) is 5.86. The minimum Gasteiger partial charge on any atom is -0.461 e. The summed E-state index contributed by atoms with van der Waals surface area (Å²) in [6, 6.07) is 12.5. The highest BCUT2D eigenvalue weighted by atomic mass is 16.3. The van der Waals surface area contributed by atoms with Crippen LogP contribution in [0.3, 0.4) is 0 Å². The zero-order chi connectivity index (χ0) is 16.6. The van der Waals surface area contributed by atoms with Crippen molar-refractivity contribution >= 4 is 10.9 Å². The molecule has 1 aromatic carbocycles. The molecule has 4 heterocycles. The van der Waals surface area contributed by atoms with Gasteiger partial charge in [-0.3, -0.25) is 4.90 Å². The van der Waals surface area contributed by atoms with Gasteiger partial charge < -0.3 is 9.40 Å². The first-order valence-corrected chi connectivity index (χ1v) is 8.52. The monoisotopic (exact) mass is 330 g/mol. The van der Waals surface area contributed by atoms with Gasteiger partial charge >= 0.3 is 0 Å². The number of rotatable bonds is 3. The van der Waals surface area contributed by atoms with Crippen molar-refractivity contribution in [3.05, 3.63) is 71.9 Å². The SMILES string of the molecule is c1coc(-c2ncc3c(n2)CN(Cc2ccc4[nH]ccc4c2)CC3)c1. The highest BCUT2D eigenvalue weighted by molar-refractivity contribution is 5.79. The van der Waals surface area contributed by atoms with Crippen molar-refractivity contribution in [3.8, 4) is 11.6 Å². The number of nitrogens with zero attached hydrogens (tertiary/aromatic N) is 3. The Kier molecular flexibility index (Phi) is 3.38. The topological polar surface area (TPSA) is 58.0 Å². The molecule has 0 unspecified atom stereocenters. The normalized spacial score (nSPS) is 14.7. The van der Waals surface area contributed by atoms with Crippen molar-refractivity contribution < 1.29 is 4.42 Å². The Morgan fingerprint density at radius 2 is 2.20 bits per heavy atom. The van der Waals surface area contributed by atoms with E-state index in [2.05, 4.69) is 39.1 Å². The molecule has 0 atom stereocenters. The van der Waals surface area contributed by atoms with Crippen LogP contribution in [0.15, 0.2) is 59.5 Å². The quantitative estimate of drug-likeness (QED) is 0.621. The summed E-state index contributed by atoms with van der Waals surface area (Å²) in [6.07, 6.45) is 6.57. The maximum absolute atomic E-state index is 5.42. The number of benzene rings is 1. The summed E-state index contributed by atoms with van der Waals surface area (Å²) in [5.41, 5.74) is 4.86. The van der Waals surface area contributed by atoms with E-state index in [-0.39, 0.29) is 0 Å². The summed E-state index contributed by atoms with van der Waals surface area (Å²) in [6.45, 7) is 2.80. The second-order valence-electron chi connectivity index (χ2n) is 6.50. The molecule has 0 saturated heterocycles. The molecule has 5 rings (SSSR count). The molecular formula is C20H18N4O. The summed E-state index contributed by atoms with van der Waals surface area (Å²) >= 11 is 0. The third kappa shape index (κ3) is 2.72. The minimum atomic E-state index is 0.666. The van der Waals surface area contributed by atoms with Gasteiger partial charge in [0.05, 0.1) is 12.0 Å². The van der Waals surface area contributed by atoms with Gasteiger partial charge in [0.25, 0.3) is 0 Å². The first-order valence-electron chi connectivity index (χ1n) is 8.52. The second-order valence-corrected chi connectivity index (χ2v) is 6.50. The van der Waals surface area contributed by atoms with Gasteiger partial charge in [-0.1, -0.05) is 6.07 Å². The molecule has 0 fully saturated rings. The lowest BCUT2D eigenvalue weighted by molar-refractivity contribution is 0.241. The van der Waals surface area contributed by atoms with Gasteiger partial charge in [0.2, 0.25) is 0 Å². The highest BCUT2D eigenvalue weighted by Crippen LogP contribution is 2.23. The fourth-order valence-electron chi connectivity index (χ4n) is 3.48. The lowest BCUT2D eigenvalue weighted by Gasteiger charge is -2.28. The number of furan rings is 1. The summed E-state index contributed by atoms with van der Waals surface area (Å²) in [5, 5.41) is 1.26. The Bertz CT molecular complexity index is 1020. The van der Waals surface area contributed by atoms with E-state index >= 15 is 0 Å². The van der Waals surface area contributed by atoms with Crippen LogP contribution in [0.1, 0.15) is 16.8 Å². The average molecular weight is 330 g/mol. The fraction of sp³-hybridized carbons (Fsp3) is 0.200. The van der Waals surface area contributed by atoms with Gasteiger partial charge in [-0.15, -0.1) is 0 Å². The molecule has 4 aromatic rings. The predicted octanol–water partition coefficient (Wildman–Crippen LogP) is 3.78. The molecule has 5 heteroatoms. The number of hydrogen-bond acceptors (Lipinski definition) is 4. The van der Waals surface area contributed by atoms with Gasteiger partial charge in [-0.25, -0.2) is 9.97 Å². The zero-order valence-electron chi connectivity index (χ0n) is 13.8. The molecule has 0 radical (unpaired) electrons. The van der Waals surface area contributed by atoms with Gasteiger partial charge in [0.1, 0.15) is 0 Å². The summed E-state index contributed by atoms with van der Waals surface area (Å²) in [4.78, 5) is 14.9. The maximum Gasteiger partial charge on any atom is 0.195 e. The van der Waals surface area contributed by atoms with Crippen molar-refractivity contribution in [1.29, 1.82) is 0 Å². The van der Waals surface area contributed by atoms with E-state index in [0.717, 1.165) is 37.5 Å². The van der Waals surface area contributed by atoms with Crippen LogP contribution in [0.2, 0.25) is 0 Å².